The highest BCUT2D eigenvalue weighted by molar-refractivity contribution is 6.14. The SMILES string of the molecule is O=C(OCCO)c1ccccc1C(=O)c1ccccc1. The Balaban J connectivity index is 2.33. The fraction of sp³-hybridized carbons (Fsp3) is 0.125. The summed E-state index contributed by atoms with van der Waals surface area (Å²) in [7, 11) is 0. The summed E-state index contributed by atoms with van der Waals surface area (Å²) in [6, 6.07) is 15.2. The van der Waals surface area contributed by atoms with Crippen molar-refractivity contribution in [3.63, 3.8) is 0 Å². The molecule has 0 saturated carbocycles. The van der Waals surface area contributed by atoms with E-state index in [-0.39, 0.29) is 24.6 Å². The van der Waals surface area contributed by atoms with Crippen LogP contribution in [0.15, 0.2) is 54.6 Å². The maximum absolute atomic E-state index is 12.4. The van der Waals surface area contributed by atoms with Gasteiger partial charge in [0.2, 0.25) is 0 Å². The Morgan fingerprint density at radius 1 is 0.900 bits per heavy atom. The van der Waals surface area contributed by atoms with Crippen LogP contribution in [0.4, 0.5) is 0 Å². The van der Waals surface area contributed by atoms with E-state index in [2.05, 4.69) is 0 Å². The third kappa shape index (κ3) is 3.10. The van der Waals surface area contributed by atoms with Gasteiger partial charge in [-0.3, -0.25) is 4.79 Å². The minimum atomic E-state index is -0.612. The molecule has 1 N–H and O–H groups in total. The molecule has 0 atom stereocenters. The minimum Gasteiger partial charge on any atom is -0.460 e. The molecule has 0 radical (unpaired) electrons. The molecule has 0 saturated heterocycles. The number of ketones is 1. The summed E-state index contributed by atoms with van der Waals surface area (Å²) in [5.74, 6) is -0.846. The van der Waals surface area contributed by atoms with Crippen molar-refractivity contribution in [1.29, 1.82) is 0 Å². The fourth-order valence-electron chi connectivity index (χ4n) is 1.82. The largest absolute Gasteiger partial charge is 0.460 e. The summed E-state index contributed by atoms with van der Waals surface area (Å²) in [4.78, 5) is 24.3. The molecule has 0 amide bonds. The van der Waals surface area contributed by atoms with Gasteiger partial charge < -0.3 is 9.84 Å². The zero-order valence-electron chi connectivity index (χ0n) is 10.8. The number of hydrogen-bond donors (Lipinski definition) is 1. The second kappa shape index (κ2) is 6.63. The summed E-state index contributed by atoms with van der Waals surface area (Å²) in [6.45, 7) is -0.340. The van der Waals surface area contributed by atoms with Crippen molar-refractivity contribution in [1.82, 2.24) is 0 Å². The van der Waals surface area contributed by atoms with E-state index < -0.39 is 5.97 Å². The number of carbonyl (C=O) groups is 2. The van der Waals surface area contributed by atoms with Crippen LogP contribution in [-0.2, 0) is 4.74 Å². The predicted molar refractivity (Wildman–Crippen MR) is 73.7 cm³/mol. The van der Waals surface area contributed by atoms with Gasteiger partial charge >= 0.3 is 5.97 Å². The van der Waals surface area contributed by atoms with Crippen molar-refractivity contribution < 1.29 is 19.4 Å². The van der Waals surface area contributed by atoms with Gasteiger partial charge in [0, 0.05) is 11.1 Å². The van der Waals surface area contributed by atoms with Crippen LogP contribution in [0.1, 0.15) is 26.3 Å². The molecule has 0 aliphatic rings. The van der Waals surface area contributed by atoms with E-state index in [1.54, 1.807) is 42.5 Å². The molecule has 2 aromatic rings. The van der Waals surface area contributed by atoms with E-state index in [1.807, 2.05) is 6.07 Å². The second-order valence-electron chi connectivity index (χ2n) is 4.10. The Morgan fingerprint density at radius 2 is 1.50 bits per heavy atom. The number of aliphatic hydroxyl groups excluding tert-OH is 1. The van der Waals surface area contributed by atoms with Gasteiger partial charge in [-0.1, -0.05) is 48.5 Å². The molecular weight excluding hydrogens is 256 g/mol. The first kappa shape index (κ1) is 14.0. The number of rotatable bonds is 5. The van der Waals surface area contributed by atoms with Gasteiger partial charge in [-0.2, -0.15) is 0 Å². The van der Waals surface area contributed by atoms with Gasteiger partial charge in [0.05, 0.1) is 12.2 Å². The van der Waals surface area contributed by atoms with Gasteiger partial charge in [-0.15, -0.1) is 0 Å². The standard InChI is InChI=1S/C16H14O4/c17-10-11-20-16(19)14-9-5-4-8-13(14)15(18)12-6-2-1-3-7-12/h1-9,17H,10-11H2. The van der Waals surface area contributed by atoms with Crippen molar-refractivity contribution in [3.8, 4) is 0 Å². The van der Waals surface area contributed by atoms with E-state index in [9.17, 15) is 9.59 Å². The fourth-order valence-corrected chi connectivity index (χ4v) is 1.82. The van der Waals surface area contributed by atoms with Crippen LogP contribution in [0.5, 0.6) is 0 Å². The maximum Gasteiger partial charge on any atom is 0.338 e. The highest BCUT2D eigenvalue weighted by Gasteiger charge is 2.18. The van der Waals surface area contributed by atoms with Gasteiger partial charge in [0.1, 0.15) is 6.61 Å². The molecule has 4 nitrogen and oxygen atoms in total. The monoisotopic (exact) mass is 270 g/mol. The number of benzene rings is 2. The first-order valence-corrected chi connectivity index (χ1v) is 6.21. The summed E-state index contributed by atoms with van der Waals surface area (Å²) in [5.41, 5.74) is 1.01. The molecule has 0 unspecified atom stereocenters. The first-order valence-electron chi connectivity index (χ1n) is 6.21. The lowest BCUT2D eigenvalue weighted by Crippen LogP contribution is -2.14. The minimum absolute atomic E-state index is 0.0906. The number of carbonyl (C=O) groups excluding carboxylic acids is 2. The molecule has 0 aliphatic carbocycles. The highest BCUT2D eigenvalue weighted by Crippen LogP contribution is 2.15. The third-order valence-corrected chi connectivity index (χ3v) is 2.75. The second-order valence-corrected chi connectivity index (χ2v) is 4.10. The summed E-state index contributed by atoms with van der Waals surface area (Å²) >= 11 is 0. The van der Waals surface area contributed by atoms with E-state index in [0.717, 1.165) is 0 Å². The van der Waals surface area contributed by atoms with Crippen LogP contribution in [0, 0.1) is 0 Å². The van der Waals surface area contributed by atoms with E-state index in [4.69, 9.17) is 9.84 Å². The van der Waals surface area contributed by atoms with Crippen LogP contribution < -0.4 is 0 Å². The molecule has 0 spiro atoms. The Kier molecular flexibility index (Phi) is 4.63. The molecule has 0 heterocycles. The van der Waals surface area contributed by atoms with E-state index >= 15 is 0 Å². The average molecular weight is 270 g/mol. The van der Waals surface area contributed by atoms with Crippen molar-refractivity contribution in [2.45, 2.75) is 0 Å². The molecule has 20 heavy (non-hydrogen) atoms. The first-order chi connectivity index (χ1) is 9.74. The summed E-state index contributed by atoms with van der Waals surface area (Å²) in [5, 5.41) is 8.67. The normalized spacial score (nSPS) is 10.1. The van der Waals surface area contributed by atoms with Crippen molar-refractivity contribution in [2.75, 3.05) is 13.2 Å². The van der Waals surface area contributed by atoms with Gasteiger partial charge in [-0.05, 0) is 6.07 Å². The maximum atomic E-state index is 12.4. The molecular formula is C16H14O4. The molecule has 4 heteroatoms. The Hall–Kier alpha value is -2.46. The van der Waals surface area contributed by atoms with Crippen LogP contribution in [-0.4, -0.2) is 30.1 Å². The predicted octanol–water partition coefficient (Wildman–Crippen LogP) is 2.07. The molecule has 0 aliphatic heterocycles. The zero-order chi connectivity index (χ0) is 14.4. The Bertz CT molecular complexity index is 605. The van der Waals surface area contributed by atoms with E-state index in [1.165, 1.54) is 6.07 Å². The third-order valence-electron chi connectivity index (χ3n) is 2.75. The van der Waals surface area contributed by atoms with Crippen molar-refractivity contribution in [2.24, 2.45) is 0 Å². The van der Waals surface area contributed by atoms with Crippen LogP contribution in [0.3, 0.4) is 0 Å². The molecule has 0 fully saturated rings. The summed E-state index contributed by atoms with van der Waals surface area (Å²) in [6.07, 6.45) is 0. The number of esters is 1. The van der Waals surface area contributed by atoms with Crippen molar-refractivity contribution >= 4 is 11.8 Å². The average Bonchev–Trinajstić information content (AvgIpc) is 2.52. The lowest BCUT2D eigenvalue weighted by atomic mass is 9.98. The van der Waals surface area contributed by atoms with Gasteiger partial charge in [-0.25, -0.2) is 4.79 Å². The highest BCUT2D eigenvalue weighted by atomic mass is 16.5. The zero-order valence-corrected chi connectivity index (χ0v) is 10.8. The van der Waals surface area contributed by atoms with E-state index in [0.29, 0.717) is 11.1 Å². The smallest absolute Gasteiger partial charge is 0.338 e. The van der Waals surface area contributed by atoms with Crippen LogP contribution in [0.25, 0.3) is 0 Å². The Labute approximate surface area is 116 Å². The molecule has 2 rings (SSSR count). The number of hydrogen-bond acceptors (Lipinski definition) is 4. The topological polar surface area (TPSA) is 63.6 Å². The lowest BCUT2D eigenvalue weighted by Gasteiger charge is -2.08. The molecule has 102 valence electrons. The van der Waals surface area contributed by atoms with Gasteiger partial charge in [0.25, 0.3) is 0 Å². The Morgan fingerprint density at radius 3 is 2.15 bits per heavy atom. The molecule has 2 aromatic carbocycles. The lowest BCUT2D eigenvalue weighted by molar-refractivity contribution is 0.0431. The van der Waals surface area contributed by atoms with Gasteiger partial charge in [0.15, 0.2) is 5.78 Å². The quantitative estimate of drug-likeness (QED) is 0.667. The molecule has 0 bridgehead atoms. The van der Waals surface area contributed by atoms with Crippen molar-refractivity contribution in [3.05, 3.63) is 71.3 Å². The number of ether oxygens (including phenoxy) is 1. The van der Waals surface area contributed by atoms with Crippen LogP contribution >= 0.6 is 0 Å². The molecule has 0 aromatic heterocycles. The van der Waals surface area contributed by atoms with Crippen LogP contribution in [0.2, 0.25) is 0 Å². The number of aliphatic hydroxyl groups is 1. The summed E-state index contributed by atoms with van der Waals surface area (Å²) < 4.78 is 4.86.